The molecule has 0 saturated heterocycles. The summed E-state index contributed by atoms with van der Waals surface area (Å²) in [6.45, 7) is 4.62. The van der Waals surface area contributed by atoms with Gasteiger partial charge in [0, 0.05) is 11.5 Å². The van der Waals surface area contributed by atoms with Gasteiger partial charge in [-0.2, -0.15) is 0 Å². The van der Waals surface area contributed by atoms with E-state index in [0.717, 1.165) is 19.3 Å². The van der Waals surface area contributed by atoms with E-state index in [2.05, 4.69) is 26.0 Å². The minimum Gasteiger partial charge on any atom is -0.396 e. The first kappa shape index (κ1) is 25.0. The van der Waals surface area contributed by atoms with Crippen molar-refractivity contribution in [2.75, 3.05) is 6.61 Å². The summed E-state index contributed by atoms with van der Waals surface area (Å²) in [7, 11) is 0. The van der Waals surface area contributed by atoms with Gasteiger partial charge in [-0.15, -0.1) is 11.6 Å². The van der Waals surface area contributed by atoms with E-state index in [1.807, 2.05) is 0 Å². The molecule has 1 unspecified atom stereocenters. The zero-order valence-electron chi connectivity index (χ0n) is 17.2. The summed E-state index contributed by atoms with van der Waals surface area (Å²) in [6, 6.07) is 0. The van der Waals surface area contributed by atoms with Crippen LogP contribution in [0.15, 0.2) is 12.2 Å². The SMILES string of the molecule is CCCCCCCC/C=C\CCCCCCCCC(Cl)(CC)CCO. The van der Waals surface area contributed by atoms with Crippen LogP contribution in [0.5, 0.6) is 0 Å². The van der Waals surface area contributed by atoms with Gasteiger partial charge in [-0.25, -0.2) is 0 Å². The molecule has 0 aliphatic heterocycles. The van der Waals surface area contributed by atoms with E-state index >= 15 is 0 Å². The maximum atomic E-state index is 9.08. The Labute approximate surface area is 163 Å². The standard InChI is InChI=1S/C23H45ClO/c1-3-5-6-7-8-9-10-11-12-13-14-15-16-17-18-19-20-23(24,4-2)21-22-25/h11-12,25H,3-10,13-22H2,1-2H3/b12-11-. The third-order valence-electron chi connectivity index (χ3n) is 5.33. The van der Waals surface area contributed by atoms with Gasteiger partial charge in [-0.3, -0.25) is 0 Å². The van der Waals surface area contributed by atoms with Gasteiger partial charge in [0.2, 0.25) is 0 Å². The number of allylic oxidation sites excluding steroid dienone is 2. The highest BCUT2D eigenvalue weighted by molar-refractivity contribution is 6.23. The molecule has 0 aromatic heterocycles. The van der Waals surface area contributed by atoms with Gasteiger partial charge in [0.1, 0.15) is 0 Å². The molecule has 1 N–H and O–H groups in total. The Kier molecular flexibility index (Phi) is 18.8. The molecule has 0 rings (SSSR count). The Morgan fingerprint density at radius 3 is 1.64 bits per heavy atom. The fraction of sp³-hybridized carbons (Fsp3) is 0.913. The molecule has 0 amide bonds. The Morgan fingerprint density at radius 2 is 1.16 bits per heavy atom. The number of alkyl halides is 1. The summed E-state index contributed by atoms with van der Waals surface area (Å²) in [5.41, 5.74) is 0. The predicted molar refractivity (Wildman–Crippen MR) is 115 cm³/mol. The molecule has 0 spiro atoms. The van der Waals surface area contributed by atoms with Gasteiger partial charge in [-0.1, -0.05) is 90.2 Å². The lowest BCUT2D eigenvalue weighted by atomic mass is 9.94. The maximum absolute atomic E-state index is 9.08. The summed E-state index contributed by atoms with van der Waals surface area (Å²) in [5, 5.41) is 9.08. The lowest BCUT2D eigenvalue weighted by Crippen LogP contribution is -2.21. The lowest BCUT2D eigenvalue weighted by Gasteiger charge is -2.24. The van der Waals surface area contributed by atoms with Gasteiger partial charge in [0.15, 0.2) is 0 Å². The van der Waals surface area contributed by atoms with E-state index in [0.29, 0.717) is 0 Å². The highest BCUT2D eigenvalue weighted by Crippen LogP contribution is 2.30. The second-order valence-electron chi connectivity index (χ2n) is 7.67. The normalized spacial score (nSPS) is 14.2. The largest absolute Gasteiger partial charge is 0.396 e. The molecule has 0 aliphatic carbocycles. The van der Waals surface area contributed by atoms with Crippen LogP contribution in [0.3, 0.4) is 0 Å². The molecule has 0 aliphatic rings. The molecule has 0 radical (unpaired) electrons. The van der Waals surface area contributed by atoms with Gasteiger partial charge in [0.05, 0.1) is 0 Å². The molecule has 0 aromatic rings. The van der Waals surface area contributed by atoms with Crippen LogP contribution in [-0.4, -0.2) is 16.6 Å². The van der Waals surface area contributed by atoms with E-state index in [1.54, 1.807) is 0 Å². The van der Waals surface area contributed by atoms with Crippen LogP contribution in [0.2, 0.25) is 0 Å². The first-order valence-electron chi connectivity index (χ1n) is 11.1. The molecule has 25 heavy (non-hydrogen) atoms. The number of aliphatic hydroxyl groups excluding tert-OH is 1. The summed E-state index contributed by atoms with van der Waals surface area (Å²) in [4.78, 5) is -0.157. The smallest absolute Gasteiger partial charge is 0.0466 e. The van der Waals surface area contributed by atoms with Crippen molar-refractivity contribution in [1.29, 1.82) is 0 Å². The van der Waals surface area contributed by atoms with E-state index in [4.69, 9.17) is 16.7 Å². The highest BCUT2D eigenvalue weighted by atomic mass is 35.5. The number of hydrogen-bond donors (Lipinski definition) is 1. The zero-order chi connectivity index (χ0) is 18.6. The molecule has 2 heteroatoms. The van der Waals surface area contributed by atoms with Crippen LogP contribution in [0.1, 0.15) is 123 Å². The molecule has 0 fully saturated rings. The fourth-order valence-corrected chi connectivity index (χ4v) is 3.59. The van der Waals surface area contributed by atoms with Crippen molar-refractivity contribution in [2.45, 2.75) is 128 Å². The Bertz CT molecular complexity index is 290. The topological polar surface area (TPSA) is 20.2 Å². The number of aliphatic hydroxyl groups is 1. The first-order valence-corrected chi connectivity index (χ1v) is 11.5. The Morgan fingerprint density at radius 1 is 0.680 bits per heavy atom. The summed E-state index contributed by atoms with van der Waals surface area (Å²) in [6.07, 6.45) is 26.3. The average molecular weight is 373 g/mol. The van der Waals surface area contributed by atoms with Gasteiger partial charge in [-0.05, 0) is 44.9 Å². The van der Waals surface area contributed by atoms with Gasteiger partial charge < -0.3 is 5.11 Å². The van der Waals surface area contributed by atoms with Crippen LogP contribution in [0, 0.1) is 0 Å². The van der Waals surface area contributed by atoms with Crippen molar-refractivity contribution in [3.63, 3.8) is 0 Å². The molecule has 1 atom stereocenters. The van der Waals surface area contributed by atoms with E-state index in [-0.39, 0.29) is 11.5 Å². The molecular weight excluding hydrogens is 328 g/mol. The first-order chi connectivity index (χ1) is 12.2. The molecule has 0 saturated carbocycles. The third-order valence-corrected chi connectivity index (χ3v) is 5.98. The molecule has 150 valence electrons. The maximum Gasteiger partial charge on any atom is 0.0466 e. The van der Waals surface area contributed by atoms with Crippen LogP contribution in [0.4, 0.5) is 0 Å². The van der Waals surface area contributed by atoms with Gasteiger partial charge >= 0.3 is 0 Å². The monoisotopic (exact) mass is 372 g/mol. The summed E-state index contributed by atoms with van der Waals surface area (Å²) >= 11 is 6.52. The summed E-state index contributed by atoms with van der Waals surface area (Å²) < 4.78 is 0. The molecule has 0 heterocycles. The van der Waals surface area contributed by atoms with Gasteiger partial charge in [0.25, 0.3) is 0 Å². The number of halogens is 1. The lowest BCUT2D eigenvalue weighted by molar-refractivity contribution is 0.257. The van der Waals surface area contributed by atoms with Crippen LogP contribution >= 0.6 is 11.6 Å². The van der Waals surface area contributed by atoms with E-state index in [9.17, 15) is 0 Å². The van der Waals surface area contributed by atoms with E-state index < -0.39 is 0 Å². The molecule has 1 nitrogen and oxygen atoms in total. The predicted octanol–water partition coefficient (Wildman–Crippen LogP) is 8.18. The zero-order valence-corrected chi connectivity index (χ0v) is 18.0. The van der Waals surface area contributed by atoms with Crippen molar-refractivity contribution in [3.8, 4) is 0 Å². The van der Waals surface area contributed by atoms with Crippen molar-refractivity contribution >= 4 is 11.6 Å². The van der Waals surface area contributed by atoms with Crippen LogP contribution < -0.4 is 0 Å². The fourth-order valence-electron chi connectivity index (χ4n) is 3.37. The Balaban J connectivity index is 3.29. The average Bonchev–Trinajstić information content (AvgIpc) is 2.61. The van der Waals surface area contributed by atoms with Crippen molar-refractivity contribution in [3.05, 3.63) is 12.2 Å². The van der Waals surface area contributed by atoms with Crippen molar-refractivity contribution < 1.29 is 5.11 Å². The van der Waals surface area contributed by atoms with Crippen LogP contribution in [-0.2, 0) is 0 Å². The second-order valence-corrected chi connectivity index (χ2v) is 8.47. The molecule has 0 bridgehead atoms. The van der Waals surface area contributed by atoms with E-state index in [1.165, 1.54) is 89.9 Å². The van der Waals surface area contributed by atoms with Crippen molar-refractivity contribution in [2.24, 2.45) is 0 Å². The second kappa shape index (κ2) is 18.8. The third kappa shape index (κ3) is 17.2. The quantitative estimate of drug-likeness (QED) is 0.137. The summed E-state index contributed by atoms with van der Waals surface area (Å²) in [5.74, 6) is 0. The van der Waals surface area contributed by atoms with Crippen LogP contribution in [0.25, 0.3) is 0 Å². The minimum atomic E-state index is -0.157. The molecule has 0 aromatic carbocycles. The highest BCUT2D eigenvalue weighted by Gasteiger charge is 2.23. The minimum absolute atomic E-state index is 0.157. The Hall–Kier alpha value is -0.0100. The van der Waals surface area contributed by atoms with Crippen molar-refractivity contribution in [1.82, 2.24) is 0 Å². The molecular formula is C23H45ClO. The number of hydrogen-bond acceptors (Lipinski definition) is 1. The number of rotatable bonds is 19. The number of unbranched alkanes of at least 4 members (excludes halogenated alkanes) is 12.